The van der Waals surface area contributed by atoms with Gasteiger partial charge in [0.25, 0.3) is 5.91 Å². The molecule has 4 rings (SSSR count). The van der Waals surface area contributed by atoms with E-state index >= 15 is 0 Å². The van der Waals surface area contributed by atoms with Gasteiger partial charge in [-0.3, -0.25) is 9.48 Å². The number of nitrogens with one attached hydrogen (secondary N) is 1. The van der Waals surface area contributed by atoms with Crippen molar-refractivity contribution in [3.05, 3.63) is 89.7 Å². The van der Waals surface area contributed by atoms with E-state index in [9.17, 15) is 4.79 Å². The summed E-state index contributed by atoms with van der Waals surface area (Å²) in [4.78, 5) is 17.1. The largest absolute Gasteiger partial charge is 0.352 e. The first-order valence-electron chi connectivity index (χ1n) is 9.93. The van der Waals surface area contributed by atoms with E-state index in [2.05, 4.69) is 15.5 Å². The summed E-state index contributed by atoms with van der Waals surface area (Å²) in [5, 5.41) is 11.5. The third-order valence-electron chi connectivity index (χ3n) is 4.66. The fraction of sp³-hybridized carbons (Fsp3) is 0.217. The van der Waals surface area contributed by atoms with E-state index in [-0.39, 0.29) is 5.91 Å². The van der Waals surface area contributed by atoms with Crippen LogP contribution in [0, 0.1) is 6.92 Å². The van der Waals surface area contributed by atoms with Crippen LogP contribution in [0.3, 0.4) is 0 Å². The fourth-order valence-corrected chi connectivity index (χ4v) is 3.23. The Morgan fingerprint density at radius 3 is 2.50 bits per heavy atom. The normalized spacial score (nSPS) is 10.8. The van der Waals surface area contributed by atoms with Gasteiger partial charge in [-0.1, -0.05) is 65.8 Å². The van der Waals surface area contributed by atoms with Crippen LogP contribution in [0.15, 0.2) is 71.4 Å². The number of nitrogens with zero attached hydrogens (tertiary/aromatic N) is 4. The minimum atomic E-state index is -0.144. The first kappa shape index (κ1) is 19.6. The van der Waals surface area contributed by atoms with E-state index < -0.39 is 0 Å². The molecular weight excluding hydrogens is 378 g/mol. The van der Waals surface area contributed by atoms with Crippen LogP contribution in [0.25, 0.3) is 11.3 Å². The summed E-state index contributed by atoms with van der Waals surface area (Å²) < 4.78 is 6.92. The summed E-state index contributed by atoms with van der Waals surface area (Å²) in [6.07, 6.45) is 3.15. The van der Waals surface area contributed by atoms with Crippen molar-refractivity contribution >= 4 is 5.91 Å². The molecule has 1 N–H and O–H groups in total. The Kier molecular flexibility index (Phi) is 5.98. The predicted molar refractivity (Wildman–Crippen MR) is 113 cm³/mol. The molecule has 2 aromatic heterocycles. The molecule has 0 fully saturated rings. The Balaban J connectivity index is 1.47. The SMILES string of the molecule is Cc1noc(CCCNC(=O)c2cn(Cc3ccccc3)nc2-c2ccccc2)n1. The monoisotopic (exact) mass is 401 g/mol. The quantitative estimate of drug-likeness (QED) is 0.456. The lowest BCUT2D eigenvalue weighted by atomic mass is 10.1. The lowest BCUT2D eigenvalue weighted by Crippen LogP contribution is -2.25. The Bertz CT molecular complexity index is 1100. The fourth-order valence-electron chi connectivity index (χ4n) is 3.23. The van der Waals surface area contributed by atoms with E-state index in [4.69, 9.17) is 9.62 Å². The molecule has 0 aliphatic heterocycles. The van der Waals surface area contributed by atoms with Crippen molar-refractivity contribution < 1.29 is 9.32 Å². The van der Waals surface area contributed by atoms with Crippen LogP contribution in [0.2, 0.25) is 0 Å². The zero-order valence-electron chi connectivity index (χ0n) is 16.8. The first-order valence-corrected chi connectivity index (χ1v) is 9.93. The smallest absolute Gasteiger partial charge is 0.255 e. The molecule has 0 atom stereocenters. The molecule has 0 aliphatic rings. The molecule has 0 radical (unpaired) electrons. The van der Waals surface area contributed by atoms with Gasteiger partial charge in [0.15, 0.2) is 5.82 Å². The molecule has 0 saturated carbocycles. The van der Waals surface area contributed by atoms with Crippen LogP contribution >= 0.6 is 0 Å². The van der Waals surface area contributed by atoms with Crippen LogP contribution in [-0.2, 0) is 13.0 Å². The van der Waals surface area contributed by atoms with Gasteiger partial charge in [-0.05, 0) is 18.9 Å². The molecule has 0 bridgehead atoms. The Morgan fingerprint density at radius 1 is 1.07 bits per heavy atom. The average Bonchev–Trinajstić information content (AvgIpc) is 3.38. The van der Waals surface area contributed by atoms with Crippen LogP contribution < -0.4 is 5.32 Å². The van der Waals surface area contributed by atoms with Crippen molar-refractivity contribution in [1.29, 1.82) is 0 Å². The van der Waals surface area contributed by atoms with Crippen molar-refractivity contribution in [3.63, 3.8) is 0 Å². The first-order chi connectivity index (χ1) is 14.7. The van der Waals surface area contributed by atoms with Crippen LogP contribution in [0.1, 0.15) is 34.1 Å². The molecule has 0 aliphatic carbocycles. The minimum absolute atomic E-state index is 0.144. The Hall–Kier alpha value is -3.74. The van der Waals surface area contributed by atoms with Crippen LogP contribution in [-0.4, -0.2) is 32.4 Å². The maximum Gasteiger partial charge on any atom is 0.255 e. The van der Waals surface area contributed by atoms with Gasteiger partial charge in [-0.2, -0.15) is 10.1 Å². The number of carbonyl (C=O) groups is 1. The second kappa shape index (κ2) is 9.17. The number of aromatic nitrogens is 4. The third kappa shape index (κ3) is 4.81. The number of amides is 1. The molecule has 0 spiro atoms. The molecule has 1 amide bonds. The van der Waals surface area contributed by atoms with Crippen molar-refractivity contribution in [2.45, 2.75) is 26.3 Å². The second-order valence-corrected chi connectivity index (χ2v) is 7.04. The van der Waals surface area contributed by atoms with Crippen molar-refractivity contribution in [2.75, 3.05) is 6.54 Å². The number of hydrogen-bond donors (Lipinski definition) is 1. The van der Waals surface area contributed by atoms with Gasteiger partial charge in [-0.15, -0.1) is 0 Å². The number of aryl methyl sites for hydroxylation is 2. The summed E-state index contributed by atoms with van der Waals surface area (Å²) in [5.74, 6) is 1.06. The number of benzene rings is 2. The highest BCUT2D eigenvalue weighted by Gasteiger charge is 2.18. The van der Waals surface area contributed by atoms with Gasteiger partial charge in [0, 0.05) is 24.7 Å². The summed E-state index contributed by atoms with van der Waals surface area (Å²) in [6.45, 7) is 2.90. The molecule has 2 heterocycles. The Morgan fingerprint density at radius 2 is 1.80 bits per heavy atom. The molecule has 152 valence electrons. The summed E-state index contributed by atoms with van der Waals surface area (Å²) in [6, 6.07) is 19.8. The van der Waals surface area contributed by atoms with Crippen molar-refractivity contribution in [2.24, 2.45) is 0 Å². The summed E-state index contributed by atoms with van der Waals surface area (Å²) in [5.41, 5.74) is 3.28. The lowest BCUT2D eigenvalue weighted by Gasteiger charge is -2.04. The summed E-state index contributed by atoms with van der Waals surface area (Å²) >= 11 is 0. The molecule has 2 aromatic carbocycles. The van der Waals surface area contributed by atoms with Gasteiger partial charge in [0.1, 0.15) is 5.69 Å². The third-order valence-corrected chi connectivity index (χ3v) is 4.66. The van der Waals surface area contributed by atoms with Gasteiger partial charge in [0.2, 0.25) is 5.89 Å². The standard InChI is InChI=1S/C23H23N5O2/c1-17-25-21(30-27-17)13-8-14-24-23(29)20-16-28(15-18-9-4-2-5-10-18)26-22(20)19-11-6-3-7-12-19/h2-7,9-12,16H,8,13-15H2,1H3,(H,24,29). The van der Waals surface area contributed by atoms with E-state index in [0.717, 1.165) is 11.1 Å². The number of rotatable bonds is 8. The summed E-state index contributed by atoms with van der Waals surface area (Å²) in [7, 11) is 0. The van der Waals surface area contributed by atoms with E-state index in [1.807, 2.05) is 71.5 Å². The van der Waals surface area contributed by atoms with E-state index in [1.54, 1.807) is 6.92 Å². The molecule has 7 heteroatoms. The molecule has 0 unspecified atom stereocenters. The number of hydrogen-bond acceptors (Lipinski definition) is 5. The molecule has 7 nitrogen and oxygen atoms in total. The second-order valence-electron chi connectivity index (χ2n) is 7.04. The maximum absolute atomic E-state index is 12.9. The molecule has 4 aromatic rings. The van der Waals surface area contributed by atoms with E-state index in [1.165, 1.54) is 0 Å². The van der Waals surface area contributed by atoms with E-state index in [0.29, 0.717) is 48.9 Å². The van der Waals surface area contributed by atoms with Crippen LogP contribution in [0.4, 0.5) is 0 Å². The van der Waals surface area contributed by atoms with Crippen molar-refractivity contribution in [3.8, 4) is 11.3 Å². The molecule has 0 saturated heterocycles. The average molecular weight is 401 g/mol. The highest BCUT2D eigenvalue weighted by Crippen LogP contribution is 2.22. The van der Waals surface area contributed by atoms with Gasteiger partial charge >= 0.3 is 0 Å². The zero-order chi connectivity index (χ0) is 20.8. The minimum Gasteiger partial charge on any atom is -0.352 e. The van der Waals surface area contributed by atoms with Crippen molar-refractivity contribution in [1.82, 2.24) is 25.2 Å². The van der Waals surface area contributed by atoms with Gasteiger partial charge in [0.05, 0.1) is 12.1 Å². The lowest BCUT2D eigenvalue weighted by molar-refractivity contribution is 0.0953. The highest BCUT2D eigenvalue weighted by atomic mass is 16.5. The maximum atomic E-state index is 12.9. The van der Waals surface area contributed by atoms with Gasteiger partial charge < -0.3 is 9.84 Å². The topological polar surface area (TPSA) is 85.8 Å². The highest BCUT2D eigenvalue weighted by molar-refractivity contribution is 5.99. The van der Waals surface area contributed by atoms with Gasteiger partial charge in [-0.25, -0.2) is 0 Å². The molecule has 30 heavy (non-hydrogen) atoms. The predicted octanol–water partition coefficient (Wildman–Crippen LogP) is 3.65. The van der Waals surface area contributed by atoms with Crippen LogP contribution in [0.5, 0.6) is 0 Å². The zero-order valence-corrected chi connectivity index (χ0v) is 16.8. The Labute approximate surface area is 174 Å². The molecular formula is C23H23N5O2. The number of carbonyl (C=O) groups excluding carboxylic acids is 1.